The lowest BCUT2D eigenvalue weighted by Crippen LogP contribution is -2.31. The Morgan fingerprint density at radius 3 is 2.50 bits per heavy atom. The van der Waals surface area contributed by atoms with E-state index in [2.05, 4.69) is 4.98 Å². The number of hydrogen-bond donors (Lipinski definition) is 0. The average molecular weight is 316 g/mol. The monoisotopic (exact) mass is 316 g/mol. The molecule has 0 N–H and O–H groups in total. The summed E-state index contributed by atoms with van der Waals surface area (Å²) in [4.78, 5) is 30.8. The summed E-state index contributed by atoms with van der Waals surface area (Å²) in [6.45, 7) is 0. The molecule has 1 atom stereocenters. The van der Waals surface area contributed by atoms with E-state index in [1.54, 1.807) is 6.07 Å². The summed E-state index contributed by atoms with van der Waals surface area (Å²) in [7, 11) is 0. The molecule has 0 radical (unpaired) electrons. The number of carbonyl (C=O) groups excluding carboxylic acids is 2. The normalized spacial score (nSPS) is 17.7. The smallest absolute Gasteiger partial charge is 0.238 e. The Hall–Kier alpha value is -3.01. The van der Waals surface area contributed by atoms with E-state index in [0.717, 1.165) is 16.5 Å². The predicted octanol–water partition coefficient (Wildman–Crippen LogP) is 3.36. The number of para-hydroxylation sites is 1. The van der Waals surface area contributed by atoms with Crippen LogP contribution in [0, 0.1) is 5.92 Å². The number of hydrogen-bond acceptors (Lipinski definition) is 3. The van der Waals surface area contributed by atoms with Gasteiger partial charge in [0.05, 0.1) is 11.4 Å². The number of carbonyl (C=O) groups is 2. The average Bonchev–Trinajstić information content (AvgIpc) is 2.89. The number of anilines is 1. The van der Waals surface area contributed by atoms with Gasteiger partial charge in [0.2, 0.25) is 11.8 Å². The van der Waals surface area contributed by atoms with Crippen LogP contribution < -0.4 is 4.90 Å². The highest BCUT2D eigenvalue weighted by Gasteiger charge is 2.40. The molecule has 2 aromatic carbocycles. The molecule has 2 amide bonds. The first-order valence-corrected chi connectivity index (χ1v) is 7.99. The second-order valence-corrected chi connectivity index (χ2v) is 6.02. The fourth-order valence-electron chi connectivity index (χ4n) is 3.17. The fourth-order valence-corrected chi connectivity index (χ4v) is 3.17. The summed E-state index contributed by atoms with van der Waals surface area (Å²) in [6, 6.07) is 21.1. The van der Waals surface area contributed by atoms with E-state index in [-0.39, 0.29) is 24.2 Å². The third-order valence-electron chi connectivity index (χ3n) is 4.38. The number of nitrogens with zero attached hydrogens (tertiary/aromatic N) is 2. The highest BCUT2D eigenvalue weighted by Crippen LogP contribution is 2.28. The zero-order chi connectivity index (χ0) is 16.5. The van der Waals surface area contributed by atoms with Crippen LogP contribution in [0.4, 0.5) is 5.82 Å². The maximum atomic E-state index is 12.7. The van der Waals surface area contributed by atoms with Crippen LogP contribution in [0.3, 0.4) is 0 Å². The molecule has 118 valence electrons. The van der Waals surface area contributed by atoms with E-state index >= 15 is 0 Å². The highest BCUT2D eigenvalue weighted by molar-refractivity contribution is 6.20. The van der Waals surface area contributed by atoms with E-state index < -0.39 is 0 Å². The maximum absolute atomic E-state index is 12.7. The van der Waals surface area contributed by atoms with Gasteiger partial charge in [-0.05, 0) is 30.2 Å². The molecule has 1 fully saturated rings. The van der Waals surface area contributed by atoms with Crippen molar-refractivity contribution in [1.29, 1.82) is 0 Å². The maximum Gasteiger partial charge on any atom is 0.238 e. The molecular formula is C20H16N2O2. The molecule has 4 nitrogen and oxygen atoms in total. The molecule has 3 aromatic rings. The van der Waals surface area contributed by atoms with Crippen molar-refractivity contribution in [1.82, 2.24) is 4.98 Å². The minimum absolute atomic E-state index is 0.161. The van der Waals surface area contributed by atoms with Crippen LogP contribution in [0.2, 0.25) is 0 Å². The van der Waals surface area contributed by atoms with E-state index in [9.17, 15) is 9.59 Å². The standard InChI is InChI=1S/C20H16N2O2/c23-19-13-16(12-14-6-2-1-3-7-14)20(24)22(19)18-11-10-15-8-4-5-9-17(15)21-18/h1-11,16H,12-13H2/t16-/m0/s1. The number of benzene rings is 2. The third kappa shape index (κ3) is 2.56. The quantitative estimate of drug-likeness (QED) is 0.696. The Balaban J connectivity index is 1.63. The summed E-state index contributed by atoms with van der Waals surface area (Å²) >= 11 is 0. The first-order valence-electron chi connectivity index (χ1n) is 7.99. The van der Waals surface area contributed by atoms with E-state index in [4.69, 9.17) is 0 Å². The van der Waals surface area contributed by atoms with Crippen LogP contribution in [0.15, 0.2) is 66.7 Å². The minimum atomic E-state index is -0.312. The van der Waals surface area contributed by atoms with Crippen molar-refractivity contribution >= 4 is 28.5 Å². The van der Waals surface area contributed by atoms with Gasteiger partial charge in [-0.3, -0.25) is 9.59 Å². The van der Waals surface area contributed by atoms with E-state index in [0.29, 0.717) is 12.2 Å². The van der Waals surface area contributed by atoms with Gasteiger partial charge in [-0.25, -0.2) is 9.88 Å². The zero-order valence-electron chi connectivity index (χ0n) is 13.1. The summed E-state index contributed by atoms with van der Waals surface area (Å²) in [6.07, 6.45) is 0.817. The van der Waals surface area contributed by atoms with Crippen molar-refractivity contribution in [2.75, 3.05) is 4.90 Å². The van der Waals surface area contributed by atoms with Crippen LogP contribution in [0.25, 0.3) is 10.9 Å². The molecule has 0 aliphatic carbocycles. The molecule has 4 rings (SSSR count). The lowest BCUT2D eigenvalue weighted by molar-refractivity contribution is -0.122. The van der Waals surface area contributed by atoms with Crippen molar-refractivity contribution in [2.24, 2.45) is 5.92 Å². The number of rotatable bonds is 3. The van der Waals surface area contributed by atoms with Crippen molar-refractivity contribution in [3.8, 4) is 0 Å². The Labute approximate surface area is 139 Å². The van der Waals surface area contributed by atoms with Gasteiger partial charge in [0, 0.05) is 11.8 Å². The summed E-state index contributed by atoms with van der Waals surface area (Å²) < 4.78 is 0. The van der Waals surface area contributed by atoms with Crippen LogP contribution in [-0.4, -0.2) is 16.8 Å². The first-order chi connectivity index (χ1) is 11.7. The number of aromatic nitrogens is 1. The van der Waals surface area contributed by atoms with E-state index in [1.165, 1.54) is 4.90 Å². The number of pyridine rings is 1. The van der Waals surface area contributed by atoms with Gasteiger partial charge in [-0.15, -0.1) is 0 Å². The van der Waals surface area contributed by atoms with Crippen molar-refractivity contribution in [3.63, 3.8) is 0 Å². The summed E-state index contributed by atoms with van der Waals surface area (Å²) in [5.41, 5.74) is 1.85. The molecule has 4 heteroatoms. The van der Waals surface area contributed by atoms with Crippen molar-refractivity contribution in [3.05, 3.63) is 72.3 Å². The molecule has 1 aliphatic heterocycles. The van der Waals surface area contributed by atoms with Crippen molar-refractivity contribution in [2.45, 2.75) is 12.8 Å². The van der Waals surface area contributed by atoms with Crippen LogP contribution in [0.5, 0.6) is 0 Å². The lowest BCUT2D eigenvalue weighted by atomic mass is 9.98. The van der Waals surface area contributed by atoms with Gasteiger partial charge >= 0.3 is 0 Å². The molecule has 0 saturated carbocycles. The molecule has 1 aromatic heterocycles. The Morgan fingerprint density at radius 1 is 0.917 bits per heavy atom. The highest BCUT2D eigenvalue weighted by atomic mass is 16.2. The number of imide groups is 1. The SMILES string of the molecule is O=C1C[C@H](Cc2ccccc2)C(=O)N1c1ccc2ccccc2n1. The molecular weight excluding hydrogens is 300 g/mol. The lowest BCUT2D eigenvalue weighted by Gasteiger charge is -2.14. The van der Waals surface area contributed by atoms with Crippen LogP contribution >= 0.6 is 0 Å². The minimum Gasteiger partial charge on any atom is -0.274 e. The Morgan fingerprint density at radius 2 is 1.67 bits per heavy atom. The van der Waals surface area contributed by atoms with Gasteiger partial charge in [0.25, 0.3) is 0 Å². The van der Waals surface area contributed by atoms with Gasteiger partial charge in [0.15, 0.2) is 0 Å². The molecule has 0 spiro atoms. The molecule has 2 heterocycles. The topological polar surface area (TPSA) is 50.3 Å². The van der Waals surface area contributed by atoms with Crippen LogP contribution in [0.1, 0.15) is 12.0 Å². The Kier molecular flexibility index (Phi) is 3.58. The van der Waals surface area contributed by atoms with Gasteiger partial charge in [-0.1, -0.05) is 48.5 Å². The zero-order valence-corrected chi connectivity index (χ0v) is 13.1. The van der Waals surface area contributed by atoms with E-state index in [1.807, 2.05) is 60.7 Å². The second kappa shape index (κ2) is 5.89. The van der Waals surface area contributed by atoms with Gasteiger partial charge in [0.1, 0.15) is 5.82 Å². The summed E-state index contributed by atoms with van der Waals surface area (Å²) in [5, 5.41) is 0.987. The molecule has 0 unspecified atom stereocenters. The molecule has 24 heavy (non-hydrogen) atoms. The van der Waals surface area contributed by atoms with Gasteiger partial charge in [-0.2, -0.15) is 0 Å². The first kappa shape index (κ1) is 14.6. The van der Waals surface area contributed by atoms with Crippen molar-refractivity contribution < 1.29 is 9.59 Å². The molecule has 1 aliphatic rings. The third-order valence-corrected chi connectivity index (χ3v) is 4.38. The van der Waals surface area contributed by atoms with Crippen LogP contribution in [-0.2, 0) is 16.0 Å². The van der Waals surface area contributed by atoms with Gasteiger partial charge < -0.3 is 0 Å². The second-order valence-electron chi connectivity index (χ2n) is 6.02. The number of amides is 2. The Bertz CT molecular complexity index is 921. The predicted molar refractivity (Wildman–Crippen MR) is 92.5 cm³/mol. The largest absolute Gasteiger partial charge is 0.274 e. The molecule has 0 bridgehead atoms. The molecule has 1 saturated heterocycles. The summed E-state index contributed by atoms with van der Waals surface area (Å²) in [5.74, 6) is -0.234. The fraction of sp³-hybridized carbons (Fsp3) is 0.150. The number of fused-ring (bicyclic) bond motifs is 1.